The molecule has 2 aliphatic rings. The fourth-order valence-electron chi connectivity index (χ4n) is 4.80. The van der Waals surface area contributed by atoms with Gasteiger partial charge in [-0.2, -0.15) is 4.98 Å². The monoisotopic (exact) mass is 553 g/mol. The summed E-state index contributed by atoms with van der Waals surface area (Å²) in [5.41, 5.74) is 1.99. The predicted molar refractivity (Wildman–Crippen MR) is 145 cm³/mol. The fraction of sp³-hybridized carbons (Fsp3) is 0.357. The number of anilines is 3. The Bertz CT molecular complexity index is 1450. The van der Waals surface area contributed by atoms with E-state index in [9.17, 15) is 14.0 Å². The van der Waals surface area contributed by atoms with Gasteiger partial charge in [0.1, 0.15) is 22.7 Å². The van der Waals surface area contributed by atoms with Crippen molar-refractivity contribution in [1.82, 2.24) is 14.9 Å². The molecule has 2 aliphatic heterocycles. The van der Waals surface area contributed by atoms with Crippen LogP contribution in [0.5, 0.6) is 5.88 Å². The molecule has 0 aliphatic carbocycles. The molecule has 0 atom stereocenters. The van der Waals surface area contributed by atoms with Gasteiger partial charge < -0.3 is 19.7 Å². The number of para-hydroxylation sites is 1. The maximum absolute atomic E-state index is 14.4. The van der Waals surface area contributed by atoms with Crippen LogP contribution in [0.15, 0.2) is 42.6 Å². The molecule has 1 aromatic heterocycles. The van der Waals surface area contributed by atoms with E-state index in [0.717, 1.165) is 16.0 Å². The summed E-state index contributed by atoms with van der Waals surface area (Å²) in [6, 6.07) is 10.1. The van der Waals surface area contributed by atoms with Crippen molar-refractivity contribution in [3.63, 3.8) is 0 Å². The molecular weight excluding hydrogens is 525 g/mol. The molecule has 5 rings (SSSR count). The third kappa shape index (κ3) is 5.34. The smallest absolute Gasteiger partial charge is 0.410 e. The van der Waals surface area contributed by atoms with E-state index >= 15 is 0 Å². The Balaban J connectivity index is 1.36. The van der Waals surface area contributed by atoms with Gasteiger partial charge in [0.25, 0.3) is 5.91 Å². The van der Waals surface area contributed by atoms with E-state index in [1.54, 1.807) is 4.90 Å². The van der Waals surface area contributed by atoms with Crippen LogP contribution >= 0.6 is 11.6 Å². The van der Waals surface area contributed by atoms with Crippen molar-refractivity contribution in [2.24, 2.45) is 0 Å². The molecule has 0 fully saturated rings. The molecule has 204 valence electrons. The van der Waals surface area contributed by atoms with Crippen molar-refractivity contribution < 1.29 is 23.5 Å². The SMILES string of the molecule is CC(C)(C)OC(=O)N1Cc2cc(Nc3ncc4c(n3)OCN(c3c(F)cccc3Cl)C4=O)ccc2C(C)(C)C1. The van der Waals surface area contributed by atoms with Crippen LogP contribution in [-0.2, 0) is 16.7 Å². The Morgan fingerprint density at radius 2 is 2.00 bits per heavy atom. The Hall–Kier alpha value is -3.92. The van der Waals surface area contributed by atoms with E-state index in [1.807, 2.05) is 39.0 Å². The van der Waals surface area contributed by atoms with Gasteiger partial charge in [0, 0.05) is 30.4 Å². The number of amides is 2. The number of aromatic nitrogens is 2. The number of carbonyl (C=O) groups excluding carboxylic acids is 2. The zero-order chi connectivity index (χ0) is 28.1. The summed E-state index contributed by atoms with van der Waals surface area (Å²) in [5.74, 6) is -0.856. The summed E-state index contributed by atoms with van der Waals surface area (Å²) >= 11 is 6.13. The number of nitrogens with one attached hydrogen (secondary N) is 1. The molecule has 3 heterocycles. The predicted octanol–water partition coefficient (Wildman–Crippen LogP) is 6.04. The number of ether oxygens (including phenoxy) is 2. The number of halogens is 2. The van der Waals surface area contributed by atoms with Crippen molar-refractivity contribution in [2.45, 2.75) is 52.2 Å². The Kier molecular flexibility index (Phi) is 6.62. The molecule has 0 bridgehead atoms. The van der Waals surface area contributed by atoms with Gasteiger partial charge >= 0.3 is 6.09 Å². The van der Waals surface area contributed by atoms with Crippen LogP contribution in [0.1, 0.15) is 56.1 Å². The first-order valence-corrected chi connectivity index (χ1v) is 12.8. The Labute approximate surface area is 230 Å². The van der Waals surface area contributed by atoms with Gasteiger partial charge in [-0.15, -0.1) is 0 Å². The normalized spacial score (nSPS) is 16.2. The lowest BCUT2D eigenvalue weighted by Gasteiger charge is -2.40. The highest BCUT2D eigenvalue weighted by Gasteiger charge is 2.36. The number of rotatable bonds is 3. The van der Waals surface area contributed by atoms with E-state index in [-0.39, 0.29) is 46.3 Å². The van der Waals surface area contributed by atoms with E-state index in [4.69, 9.17) is 21.1 Å². The van der Waals surface area contributed by atoms with E-state index in [0.29, 0.717) is 18.8 Å². The highest BCUT2D eigenvalue weighted by atomic mass is 35.5. The zero-order valence-corrected chi connectivity index (χ0v) is 23.1. The Morgan fingerprint density at radius 1 is 1.23 bits per heavy atom. The summed E-state index contributed by atoms with van der Waals surface area (Å²) in [6.07, 6.45) is 0.977. The standard InChI is InChI=1S/C28H29ClFN5O4/c1-27(2,3)39-26(37)34-13-16-11-17(9-10-19(16)28(4,5)14-34)32-25-31-12-18-23(33-25)38-15-35(24(18)36)22-20(29)7-6-8-21(22)30/h6-12H,13-15H2,1-5H3,(H,31,32,33). The minimum atomic E-state index is -0.636. The fourth-order valence-corrected chi connectivity index (χ4v) is 5.06. The number of benzene rings is 2. The molecule has 0 spiro atoms. The maximum Gasteiger partial charge on any atom is 0.410 e. The summed E-state index contributed by atoms with van der Waals surface area (Å²) in [4.78, 5) is 37.3. The minimum Gasteiger partial charge on any atom is -0.455 e. The Morgan fingerprint density at radius 3 is 2.72 bits per heavy atom. The number of hydrogen-bond donors (Lipinski definition) is 1. The molecule has 2 aromatic carbocycles. The van der Waals surface area contributed by atoms with Gasteiger partial charge in [-0.05, 0) is 56.2 Å². The van der Waals surface area contributed by atoms with Gasteiger partial charge in [0.15, 0.2) is 6.73 Å². The van der Waals surface area contributed by atoms with E-state index in [2.05, 4.69) is 29.1 Å². The van der Waals surface area contributed by atoms with Gasteiger partial charge in [-0.25, -0.2) is 14.2 Å². The minimum absolute atomic E-state index is 0.0607. The zero-order valence-electron chi connectivity index (χ0n) is 22.3. The topological polar surface area (TPSA) is 96.9 Å². The molecule has 0 saturated heterocycles. The van der Waals surface area contributed by atoms with Crippen LogP contribution in [0.25, 0.3) is 0 Å². The molecule has 0 radical (unpaired) electrons. The van der Waals surface area contributed by atoms with E-state index in [1.165, 1.54) is 24.4 Å². The molecule has 1 N–H and O–H groups in total. The lowest BCUT2D eigenvalue weighted by Crippen LogP contribution is -2.46. The van der Waals surface area contributed by atoms with Crippen molar-refractivity contribution in [1.29, 1.82) is 0 Å². The first-order valence-electron chi connectivity index (χ1n) is 12.5. The van der Waals surface area contributed by atoms with Crippen molar-refractivity contribution in [3.8, 4) is 5.88 Å². The molecule has 0 unspecified atom stereocenters. The van der Waals surface area contributed by atoms with Gasteiger partial charge in [-0.3, -0.25) is 9.69 Å². The first kappa shape index (κ1) is 26.7. The van der Waals surface area contributed by atoms with Crippen LogP contribution in [0.4, 0.5) is 26.5 Å². The second-order valence-corrected chi connectivity index (χ2v) is 11.6. The van der Waals surface area contributed by atoms with Crippen LogP contribution < -0.4 is 15.0 Å². The third-order valence-corrected chi connectivity index (χ3v) is 6.76. The number of nitrogens with zero attached hydrogens (tertiary/aromatic N) is 4. The number of carbonyl (C=O) groups is 2. The van der Waals surface area contributed by atoms with Crippen LogP contribution in [0, 0.1) is 5.82 Å². The maximum atomic E-state index is 14.4. The van der Waals surface area contributed by atoms with Crippen molar-refractivity contribution in [3.05, 3.63) is 70.1 Å². The molecule has 2 amide bonds. The third-order valence-electron chi connectivity index (χ3n) is 6.46. The molecule has 39 heavy (non-hydrogen) atoms. The highest BCUT2D eigenvalue weighted by molar-refractivity contribution is 6.34. The van der Waals surface area contributed by atoms with Gasteiger partial charge in [0.2, 0.25) is 11.8 Å². The molecular formula is C28H29ClFN5O4. The van der Waals surface area contributed by atoms with Crippen molar-refractivity contribution in [2.75, 3.05) is 23.5 Å². The van der Waals surface area contributed by atoms with Crippen LogP contribution in [0.3, 0.4) is 0 Å². The first-order chi connectivity index (χ1) is 18.3. The highest BCUT2D eigenvalue weighted by Crippen LogP contribution is 2.37. The quantitative estimate of drug-likeness (QED) is 0.422. The second kappa shape index (κ2) is 9.68. The van der Waals surface area contributed by atoms with Gasteiger partial charge in [0.05, 0.1) is 5.02 Å². The lowest BCUT2D eigenvalue weighted by atomic mass is 9.78. The lowest BCUT2D eigenvalue weighted by molar-refractivity contribution is 0.0174. The number of hydrogen-bond acceptors (Lipinski definition) is 7. The average Bonchev–Trinajstić information content (AvgIpc) is 2.83. The van der Waals surface area contributed by atoms with Gasteiger partial charge in [-0.1, -0.05) is 37.6 Å². The largest absolute Gasteiger partial charge is 0.455 e. The van der Waals surface area contributed by atoms with Crippen molar-refractivity contribution >= 4 is 40.9 Å². The van der Waals surface area contributed by atoms with E-state index < -0.39 is 17.3 Å². The average molecular weight is 554 g/mol. The molecule has 9 nitrogen and oxygen atoms in total. The summed E-state index contributed by atoms with van der Waals surface area (Å²) < 4.78 is 25.7. The van der Waals surface area contributed by atoms with Crippen LogP contribution in [-0.4, -0.2) is 45.7 Å². The number of fused-ring (bicyclic) bond motifs is 2. The molecule has 0 saturated carbocycles. The summed E-state index contributed by atoms with van der Waals surface area (Å²) in [7, 11) is 0. The summed E-state index contributed by atoms with van der Waals surface area (Å²) in [6.45, 7) is 10.4. The second-order valence-electron chi connectivity index (χ2n) is 11.2. The van der Waals surface area contributed by atoms with Crippen LogP contribution in [0.2, 0.25) is 5.02 Å². The molecule has 11 heteroatoms. The summed E-state index contributed by atoms with van der Waals surface area (Å²) in [5, 5.41) is 3.24. The molecule has 3 aromatic rings.